The number of hydrogen-bond donors (Lipinski definition) is 1. The fourth-order valence-electron chi connectivity index (χ4n) is 2.55. The molecule has 2 heterocycles. The molecule has 1 amide bonds. The van der Waals surface area contributed by atoms with Gasteiger partial charge < -0.3 is 15.1 Å². The van der Waals surface area contributed by atoms with Crippen LogP contribution in [0, 0.1) is 12.7 Å². The van der Waals surface area contributed by atoms with Crippen LogP contribution in [0.3, 0.4) is 0 Å². The van der Waals surface area contributed by atoms with E-state index in [1.807, 2.05) is 6.92 Å². The Morgan fingerprint density at radius 2 is 1.79 bits per heavy atom. The first-order valence-electron chi connectivity index (χ1n) is 7.87. The molecular formula is C17H20FN5O. The van der Waals surface area contributed by atoms with Gasteiger partial charge in [0.15, 0.2) is 0 Å². The molecule has 1 aliphatic rings. The Bertz CT molecular complexity index is 726. The SMILES string of the molecule is Cc1cc(C(=O)Nc2ccc(F)cc2)nc(N2CCN(C)CC2)n1. The van der Waals surface area contributed by atoms with Gasteiger partial charge in [0.05, 0.1) is 0 Å². The largest absolute Gasteiger partial charge is 0.338 e. The van der Waals surface area contributed by atoms with E-state index in [9.17, 15) is 9.18 Å². The van der Waals surface area contributed by atoms with E-state index in [0.717, 1.165) is 31.9 Å². The topological polar surface area (TPSA) is 61.4 Å². The Labute approximate surface area is 140 Å². The normalized spacial score (nSPS) is 15.4. The first-order valence-corrected chi connectivity index (χ1v) is 7.87. The van der Waals surface area contributed by atoms with Gasteiger partial charge in [0.2, 0.25) is 5.95 Å². The van der Waals surface area contributed by atoms with Crippen molar-refractivity contribution in [3.05, 3.63) is 47.5 Å². The first-order chi connectivity index (χ1) is 11.5. The van der Waals surface area contributed by atoms with E-state index in [4.69, 9.17) is 0 Å². The van der Waals surface area contributed by atoms with E-state index in [1.54, 1.807) is 6.07 Å². The minimum absolute atomic E-state index is 0.306. The fourth-order valence-corrected chi connectivity index (χ4v) is 2.55. The van der Waals surface area contributed by atoms with Crippen LogP contribution in [0.1, 0.15) is 16.2 Å². The Hall–Kier alpha value is -2.54. The van der Waals surface area contributed by atoms with Crippen LogP contribution in [0.15, 0.2) is 30.3 Å². The van der Waals surface area contributed by atoms with Gasteiger partial charge in [0, 0.05) is 37.6 Å². The van der Waals surface area contributed by atoms with Gasteiger partial charge in [-0.2, -0.15) is 0 Å². The predicted molar refractivity (Wildman–Crippen MR) is 90.8 cm³/mol. The molecule has 7 heteroatoms. The number of nitrogens with one attached hydrogen (secondary N) is 1. The van der Waals surface area contributed by atoms with Gasteiger partial charge in [-0.25, -0.2) is 14.4 Å². The predicted octanol–water partition coefficient (Wildman–Crippen LogP) is 1.93. The number of anilines is 2. The number of piperazine rings is 1. The van der Waals surface area contributed by atoms with Crippen molar-refractivity contribution in [3.8, 4) is 0 Å². The number of carbonyl (C=O) groups excluding carboxylic acids is 1. The molecule has 0 unspecified atom stereocenters. The van der Waals surface area contributed by atoms with E-state index in [0.29, 0.717) is 17.3 Å². The number of amides is 1. The molecule has 0 spiro atoms. The number of hydrogen-bond acceptors (Lipinski definition) is 5. The summed E-state index contributed by atoms with van der Waals surface area (Å²) in [6.45, 7) is 5.39. The van der Waals surface area contributed by atoms with Crippen molar-refractivity contribution in [3.63, 3.8) is 0 Å². The van der Waals surface area contributed by atoms with Crippen LogP contribution in [-0.4, -0.2) is 54.0 Å². The summed E-state index contributed by atoms with van der Waals surface area (Å²) in [6, 6.07) is 7.29. The Morgan fingerprint density at radius 1 is 1.12 bits per heavy atom. The van der Waals surface area contributed by atoms with Crippen LogP contribution in [0.5, 0.6) is 0 Å². The van der Waals surface area contributed by atoms with Crippen LogP contribution in [-0.2, 0) is 0 Å². The summed E-state index contributed by atoms with van der Waals surface area (Å²) >= 11 is 0. The number of nitrogens with zero attached hydrogens (tertiary/aromatic N) is 4. The maximum atomic E-state index is 12.9. The van der Waals surface area contributed by atoms with Gasteiger partial charge in [-0.05, 0) is 44.3 Å². The summed E-state index contributed by atoms with van der Waals surface area (Å²) in [5.41, 5.74) is 1.57. The van der Waals surface area contributed by atoms with Gasteiger partial charge in [-0.1, -0.05) is 0 Å². The highest BCUT2D eigenvalue weighted by Crippen LogP contribution is 2.15. The Kier molecular flexibility index (Phi) is 4.71. The second-order valence-electron chi connectivity index (χ2n) is 5.95. The van der Waals surface area contributed by atoms with E-state index >= 15 is 0 Å². The lowest BCUT2D eigenvalue weighted by Gasteiger charge is -2.32. The van der Waals surface area contributed by atoms with Gasteiger partial charge >= 0.3 is 0 Å². The molecule has 1 fully saturated rings. The molecule has 0 radical (unpaired) electrons. The van der Waals surface area contributed by atoms with Crippen LogP contribution < -0.4 is 10.2 Å². The Morgan fingerprint density at radius 3 is 2.46 bits per heavy atom. The summed E-state index contributed by atoms with van der Waals surface area (Å²) in [5.74, 6) is -0.0990. The number of benzene rings is 1. The molecule has 1 N–H and O–H groups in total. The maximum absolute atomic E-state index is 12.9. The average Bonchev–Trinajstić information content (AvgIpc) is 2.57. The van der Waals surface area contributed by atoms with Crippen LogP contribution in [0.4, 0.5) is 16.0 Å². The van der Waals surface area contributed by atoms with Crippen molar-refractivity contribution in [2.24, 2.45) is 0 Å². The molecule has 24 heavy (non-hydrogen) atoms. The highest BCUT2D eigenvalue weighted by atomic mass is 19.1. The average molecular weight is 329 g/mol. The second-order valence-corrected chi connectivity index (χ2v) is 5.95. The van der Waals surface area contributed by atoms with Crippen molar-refractivity contribution in [1.82, 2.24) is 14.9 Å². The third-order valence-electron chi connectivity index (χ3n) is 3.96. The first kappa shape index (κ1) is 16.3. The molecule has 1 saturated heterocycles. The molecule has 0 aliphatic carbocycles. The van der Waals surface area contributed by atoms with E-state index in [-0.39, 0.29) is 11.7 Å². The molecule has 0 atom stereocenters. The quantitative estimate of drug-likeness (QED) is 0.932. The van der Waals surface area contributed by atoms with Gasteiger partial charge in [0.25, 0.3) is 5.91 Å². The molecule has 1 aromatic carbocycles. The van der Waals surface area contributed by atoms with Gasteiger partial charge in [-0.15, -0.1) is 0 Å². The molecule has 2 aromatic rings. The number of rotatable bonds is 3. The monoisotopic (exact) mass is 329 g/mol. The molecule has 0 saturated carbocycles. The van der Waals surface area contributed by atoms with Crippen molar-refractivity contribution in [2.75, 3.05) is 43.4 Å². The minimum atomic E-state index is -0.344. The zero-order valence-corrected chi connectivity index (χ0v) is 13.8. The van der Waals surface area contributed by atoms with Crippen LogP contribution in [0.2, 0.25) is 0 Å². The van der Waals surface area contributed by atoms with Crippen LogP contribution >= 0.6 is 0 Å². The summed E-state index contributed by atoms with van der Waals surface area (Å²) in [4.78, 5) is 25.6. The number of carbonyl (C=O) groups is 1. The molecule has 1 aliphatic heterocycles. The van der Waals surface area contributed by atoms with Gasteiger partial charge in [0.1, 0.15) is 11.5 Å². The molecular weight excluding hydrogens is 309 g/mol. The summed E-state index contributed by atoms with van der Waals surface area (Å²) < 4.78 is 12.9. The summed E-state index contributed by atoms with van der Waals surface area (Å²) in [5, 5.41) is 2.73. The van der Waals surface area contributed by atoms with Crippen molar-refractivity contribution < 1.29 is 9.18 Å². The maximum Gasteiger partial charge on any atom is 0.274 e. The highest BCUT2D eigenvalue weighted by molar-refractivity contribution is 6.03. The molecule has 1 aromatic heterocycles. The van der Waals surface area contributed by atoms with E-state index in [1.165, 1.54) is 24.3 Å². The van der Waals surface area contributed by atoms with Crippen molar-refractivity contribution >= 4 is 17.5 Å². The third kappa shape index (κ3) is 3.86. The lowest BCUT2D eigenvalue weighted by Crippen LogP contribution is -2.45. The van der Waals surface area contributed by atoms with Crippen LogP contribution in [0.25, 0.3) is 0 Å². The number of likely N-dealkylation sites (N-methyl/N-ethyl adjacent to an activating group) is 1. The third-order valence-corrected chi connectivity index (χ3v) is 3.96. The molecule has 3 rings (SSSR count). The molecule has 6 nitrogen and oxygen atoms in total. The van der Waals surface area contributed by atoms with E-state index < -0.39 is 0 Å². The second kappa shape index (κ2) is 6.92. The number of halogens is 1. The number of aryl methyl sites for hydroxylation is 1. The lowest BCUT2D eigenvalue weighted by molar-refractivity contribution is 0.102. The highest BCUT2D eigenvalue weighted by Gasteiger charge is 2.19. The van der Waals surface area contributed by atoms with E-state index in [2.05, 4.69) is 32.1 Å². The Balaban J connectivity index is 1.77. The number of aromatic nitrogens is 2. The standard InChI is InChI=1S/C17H20FN5O/c1-12-11-15(16(24)20-14-5-3-13(18)4-6-14)21-17(19-12)23-9-7-22(2)8-10-23/h3-6,11H,7-10H2,1-2H3,(H,20,24). The van der Waals surface area contributed by atoms with Crippen molar-refractivity contribution in [1.29, 1.82) is 0 Å². The minimum Gasteiger partial charge on any atom is -0.338 e. The summed E-state index contributed by atoms with van der Waals surface area (Å²) in [6.07, 6.45) is 0. The molecule has 0 bridgehead atoms. The zero-order valence-electron chi connectivity index (χ0n) is 13.8. The van der Waals surface area contributed by atoms with Crippen molar-refractivity contribution in [2.45, 2.75) is 6.92 Å². The lowest BCUT2D eigenvalue weighted by atomic mass is 10.2. The zero-order chi connectivity index (χ0) is 17.1. The fraction of sp³-hybridized carbons (Fsp3) is 0.353. The smallest absolute Gasteiger partial charge is 0.274 e. The van der Waals surface area contributed by atoms with Gasteiger partial charge in [-0.3, -0.25) is 4.79 Å². The molecule has 126 valence electrons. The summed E-state index contributed by atoms with van der Waals surface area (Å²) in [7, 11) is 2.08.